The normalized spacial score (nSPS) is 34.4. The number of aliphatic hydroxyl groups excluding tert-OH is 1. The minimum Gasteiger partial charge on any atom is -0.477 e. The number of fused-ring (bicyclic) bond motifs is 1. The number of carboxylic acids is 1. The lowest BCUT2D eigenvalue weighted by Gasteiger charge is -2.46. The van der Waals surface area contributed by atoms with Crippen LogP contribution in [0.2, 0.25) is 0 Å². The second-order valence-electron chi connectivity index (χ2n) is 9.37. The molecule has 0 bridgehead atoms. The van der Waals surface area contributed by atoms with Crippen LogP contribution in [0.25, 0.3) is 0 Å². The highest BCUT2D eigenvalue weighted by Crippen LogP contribution is 2.52. The third kappa shape index (κ3) is 3.80. The van der Waals surface area contributed by atoms with Gasteiger partial charge in [0.05, 0.1) is 18.1 Å². The monoisotopic (exact) mass is 437 g/mol. The van der Waals surface area contributed by atoms with Crippen LogP contribution in [0.4, 0.5) is 0 Å². The molecule has 0 spiro atoms. The summed E-state index contributed by atoms with van der Waals surface area (Å²) in [7, 11) is 0. The van der Waals surface area contributed by atoms with E-state index in [1.54, 1.807) is 18.7 Å². The smallest absolute Gasteiger partial charge is 0.353 e. The van der Waals surface area contributed by atoms with Gasteiger partial charge in [-0.15, -0.1) is 11.8 Å². The maximum atomic E-state index is 12.5. The van der Waals surface area contributed by atoms with Crippen molar-refractivity contribution in [1.29, 1.82) is 0 Å². The number of nitrogens with zero attached hydrogens (tertiary/aromatic N) is 3. The lowest BCUT2D eigenvalue weighted by molar-refractivity contribution is -0.163. The summed E-state index contributed by atoms with van der Waals surface area (Å²) in [4.78, 5) is 31.9. The molecule has 4 rings (SSSR count). The molecule has 0 aromatic carbocycles. The van der Waals surface area contributed by atoms with E-state index in [1.807, 2.05) is 6.92 Å². The van der Waals surface area contributed by atoms with Crippen LogP contribution in [0.1, 0.15) is 46.5 Å². The molecule has 0 unspecified atom stereocenters. The molecule has 4 aliphatic rings. The van der Waals surface area contributed by atoms with Gasteiger partial charge >= 0.3 is 5.97 Å². The van der Waals surface area contributed by atoms with Gasteiger partial charge < -0.3 is 20.0 Å². The SMILES string of the molecule is CCCN1CCC(N2CC[C@@H](SC3=C(C(=O)O)N4C(=O)[C@H]([C@@H](C)O)[C@H]4[C@H]3C)C2)CC1. The van der Waals surface area contributed by atoms with Gasteiger partial charge in [0.2, 0.25) is 5.91 Å². The van der Waals surface area contributed by atoms with Gasteiger partial charge in [-0.1, -0.05) is 13.8 Å². The molecular formula is C22H35N3O4S. The molecule has 4 heterocycles. The first-order chi connectivity index (χ1) is 14.3. The third-order valence-electron chi connectivity index (χ3n) is 7.39. The van der Waals surface area contributed by atoms with E-state index < -0.39 is 18.0 Å². The van der Waals surface area contributed by atoms with E-state index in [0.29, 0.717) is 11.3 Å². The van der Waals surface area contributed by atoms with E-state index in [9.17, 15) is 19.8 Å². The number of carbonyl (C=O) groups excluding carboxylic acids is 1. The summed E-state index contributed by atoms with van der Waals surface area (Å²) in [6, 6.07) is 0.422. The minimum atomic E-state index is -1.03. The third-order valence-corrected chi connectivity index (χ3v) is 8.93. The predicted octanol–water partition coefficient (Wildman–Crippen LogP) is 1.82. The number of hydrogen-bond acceptors (Lipinski definition) is 6. The lowest BCUT2D eigenvalue weighted by atomic mass is 9.79. The van der Waals surface area contributed by atoms with Crippen molar-refractivity contribution < 1.29 is 19.8 Å². The summed E-state index contributed by atoms with van der Waals surface area (Å²) in [5.74, 6) is -1.80. The first kappa shape index (κ1) is 22.1. The number of hydrogen-bond donors (Lipinski definition) is 2. The predicted molar refractivity (Wildman–Crippen MR) is 117 cm³/mol. The van der Waals surface area contributed by atoms with Gasteiger partial charge in [-0.3, -0.25) is 9.69 Å². The zero-order chi connectivity index (χ0) is 21.6. The molecule has 5 atom stereocenters. The van der Waals surface area contributed by atoms with Crippen LogP contribution in [0.3, 0.4) is 0 Å². The number of carbonyl (C=O) groups is 2. The molecule has 2 N–H and O–H groups in total. The molecule has 168 valence electrons. The zero-order valence-corrected chi connectivity index (χ0v) is 19.1. The second-order valence-corrected chi connectivity index (χ2v) is 10.7. The first-order valence-corrected chi connectivity index (χ1v) is 12.3. The van der Waals surface area contributed by atoms with Crippen LogP contribution >= 0.6 is 11.8 Å². The summed E-state index contributed by atoms with van der Waals surface area (Å²) >= 11 is 1.67. The Hall–Kier alpha value is -1.09. The first-order valence-electron chi connectivity index (χ1n) is 11.4. The Morgan fingerprint density at radius 2 is 1.93 bits per heavy atom. The number of amides is 1. The van der Waals surface area contributed by atoms with E-state index in [4.69, 9.17) is 0 Å². The van der Waals surface area contributed by atoms with Crippen LogP contribution in [-0.2, 0) is 9.59 Å². The number of piperidine rings is 1. The summed E-state index contributed by atoms with van der Waals surface area (Å²) in [6.45, 7) is 11.5. The Labute approximate surface area is 183 Å². The number of β-lactam (4-membered cyclic amide) rings is 1. The van der Waals surface area contributed by atoms with Gasteiger partial charge in [0.1, 0.15) is 5.70 Å². The molecule has 0 aliphatic carbocycles. The van der Waals surface area contributed by atoms with E-state index in [0.717, 1.165) is 24.4 Å². The minimum absolute atomic E-state index is 0.0373. The highest BCUT2D eigenvalue weighted by atomic mass is 32.2. The quantitative estimate of drug-likeness (QED) is 0.588. The number of rotatable bonds is 7. The average Bonchev–Trinajstić information content (AvgIpc) is 3.25. The Balaban J connectivity index is 1.40. The molecule has 0 aromatic rings. The van der Waals surface area contributed by atoms with Gasteiger partial charge in [0, 0.05) is 28.7 Å². The molecular weight excluding hydrogens is 402 g/mol. The molecule has 0 aromatic heterocycles. The number of aliphatic hydroxyl groups is 1. The average molecular weight is 438 g/mol. The molecule has 8 heteroatoms. The van der Waals surface area contributed by atoms with Crippen molar-refractivity contribution in [2.45, 2.75) is 69.9 Å². The largest absolute Gasteiger partial charge is 0.477 e. The number of carboxylic acid groups (broad SMARTS) is 1. The van der Waals surface area contributed by atoms with Crippen molar-refractivity contribution in [2.24, 2.45) is 11.8 Å². The molecule has 30 heavy (non-hydrogen) atoms. The highest BCUT2D eigenvalue weighted by molar-refractivity contribution is 8.03. The van der Waals surface area contributed by atoms with E-state index in [-0.39, 0.29) is 23.6 Å². The molecule has 1 amide bonds. The Kier molecular flexibility index (Phi) is 6.49. The number of thioether (sulfide) groups is 1. The Morgan fingerprint density at radius 3 is 2.53 bits per heavy atom. The van der Waals surface area contributed by atoms with Crippen molar-refractivity contribution in [3.63, 3.8) is 0 Å². The van der Waals surface area contributed by atoms with Gasteiger partial charge in [0.25, 0.3) is 0 Å². The standard InChI is InChI=1S/C22H35N3O4S/c1-4-8-23-9-5-15(6-10-23)24-11-7-16(12-24)30-20-13(2)18-17(14(3)26)21(27)25(18)19(20)22(28)29/h13-18,26H,4-12H2,1-3H3,(H,28,29)/t13-,14-,16-,17-,18-/m1/s1. The van der Waals surface area contributed by atoms with Crippen LogP contribution < -0.4 is 0 Å². The second kappa shape index (κ2) is 8.81. The fourth-order valence-corrected chi connectivity index (χ4v) is 7.36. The highest BCUT2D eigenvalue weighted by Gasteiger charge is 2.60. The fraction of sp³-hybridized carbons (Fsp3) is 0.818. The van der Waals surface area contributed by atoms with Crippen molar-refractivity contribution in [3.8, 4) is 0 Å². The van der Waals surface area contributed by atoms with E-state index >= 15 is 0 Å². The summed E-state index contributed by atoms with van der Waals surface area (Å²) in [5.41, 5.74) is 0.158. The molecule has 4 aliphatic heterocycles. The fourth-order valence-electron chi connectivity index (χ4n) is 5.86. The van der Waals surface area contributed by atoms with Crippen LogP contribution in [-0.4, -0.2) is 93.0 Å². The topological polar surface area (TPSA) is 84.3 Å². The van der Waals surface area contributed by atoms with E-state index in [1.165, 1.54) is 43.8 Å². The van der Waals surface area contributed by atoms with Crippen molar-refractivity contribution in [3.05, 3.63) is 10.6 Å². The Morgan fingerprint density at radius 1 is 1.23 bits per heavy atom. The maximum Gasteiger partial charge on any atom is 0.353 e. The van der Waals surface area contributed by atoms with Gasteiger partial charge in [0.15, 0.2) is 0 Å². The molecule has 7 nitrogen and oxygen atoms in total. The van der Waals surface area contributed by atoms with Gasteiger partial charge in [-0.2, -0.15) is 0 Å². The molecule has 0 saturated carbocycles. The summed E-state index contributed by atoms with van der Waals surface area (Å²) in [5, 5.41) is 20.2. The zero-order valence-electron chi connectivity index (χ0n) is 18.3. The molecule has 0 radical (unpaired) electrons. The molecule has 3 saturated heterocycles. The lowest BCUT2D eigenvalue weighted by Crippen LogP contribution is -2.63. The summed E-state index contributed by atoms with van der Waals surface area (Å²) < 4.78 is 0. The maximum absolute atomic E-state index is 12.5. The van der Waals surface area contributed by atoms with Crippen molar-refractivity contribution in [2.75, 3.05) is 32.7 Å². The number of aliphatic carboxylic acids is 1. The van der Waals surface area contributed by atoms with Gasteiger partial charge in [-0.25, -0.2) is 4.79 Å². The van der Waals surface area contributed by atoms with Crippen LogP contribution in [0, 0.1) is 11.8 Å². The number of likely N-dealkylation sites (tertiary alicyclic amines) is 2. The van der Waals surface area contributed by atoms with Crippen LogP contribution in [0.15, 0.2) is 10.6 Å². The van der Waals surface area contributed by atoms with Crippen molar-refractivity contribution in [1.82, 2.24) is 14.7 Å². The molecule has 3 fully saturated rings. The van der Waals surface area contributed by atoms with E-state index in [2.05, 4.69) is 16.7 Å². The Bertz CT molecular complexity index is 719. The van der Waals surface area contributed by atoms with Crippen molar-refractivity contribution >= 4 is 23.6 Å². The van der Waals surface area contributed by atoms with Gasteiger partial charge in [-0.05, 0) is 58.8 Å². The summed E-state index contributed by atoms with van der Waals surface area (Å²) in [6.07, 6.45) is 3.96. The van der Waals surface area contributed by atoms with Crippen LogP contribution in [0.5, 0.6) is 0 Å².